The lowest BCUT2D eigenvalue weighted by atomic mass is 9.88. The quantitative estimate of drug-likeness (QED) is 0.908. The van der Waals surface area contributed by atoms with Crippen LogP contribution in [0.2, 0.25) is 0 Å². The summed E-state index contributed by atoms with van der Waals surface area (Å²) in [7, 11) is 1.91. The van der Waals surface area contributed by atoms with Crippen LogP contribution in [0.25, 0.3) is 11.3 Å². The van der Waals surface area contributed by atoms with Crippen molar-refractivity contribution in [3.05, 3.63) is 24.3 Å². The Morgan fingerprint density at radius 2 is 2.15 bits per heavy atom. The minimum Gasteiger partial charge on any atom is -0.384 e. The third-order valence-corrected chi connectivity index (χ3v) is 4.83. The van der Waals surface area contributed by atoms with Crippen LogP contribution >= 0.6 is 0 Å². The molecule has 2 saturated carbocycles. The Morgan fingerprint density at radius 1 is 1.25 bits per heavy atom. The van der Waals surface area contributed by atoms with Gasteiger partial charge in [0.2, 0.25) is 0 Å². The molecule has 20 heavy (non-hydrogen) atoms. The van der Waals surface area contributed by atoms with Crippen LogP contribution in [-0.2, 0) is 7.05 Å². The fourth-order valence-corrected chi connectivity index (χ4v) is 3.91. The molecule has 2 aliphatic carbocycles. The number of fused-ring (bicyclic) bond motifs is 2. The fraction of sp³-hybridized carbons (Fsp3) is 0.533. The molecule has 2 fully saturated rings. The monoisotopic (exact) mass is 269 g/mol. The van der Waals surface area contributed by atoms with Gasteiger partial charge in [0.25, 0.3) is 0 Å². The number of nitrogens with two attached hydrogens (primary N) is 1. The molecule has 5 heteroatoms. The molecule has 0 radical (unpaired) electrons. The highest BCUT2D eigenvalue weighted by Crippen LogP contribution is 2.52. The third kappa shape index (κ3) is 1.88. The van der Waals surface area contributed by atoms with Gasteiger partial charge in [-0.05, 0) is 31.1 Å². The SMILES string of the molecule is Cn1cc(-c2cc(N)nc(C3CC4CCC3C4)n2)cn1. The zero-order valence-electron chi connectivity index (χ0n) is 11.7. The van der Waals surface area contributed by atoms with Crippen molar-refractivity contribution in [2.45, 2.75) is 31.6 Å². The molecule has 3 atom stereocenters. The van der Waals surface area contributed by atoms with Gasteiger partial charge in [0.05, 0.1) is 11.9 Å². The molecule has 0 saturated heterocycles. The summed E-state index contributed by atoms with van der Waals surface area (Å²) in [5.41, 5.74) is 7.89. The number of aromatic nitrogens is 4. The number of anilines is 1. The maximum Gasteiger partial charge on any atom is 0.134 e. The van der Waals surface area contributed by atoms with E-state index in [1.807, 2.05) is 25.5 Å². The lowest BCUT2D eigenvalue weighted by molar-refractivity contribution is 0.406. The standard InChI is InChI=1S/C15H19N5/c1-20-8-11(7-17-20)13-6-14(16)19-15(18-13)12-5-9-2-3-10(12)4-9/h6-10,12H,2-5H2,1H3,(H2,16,18,19). The third-order valence-electron chi connectivity index (χ3n) is 4.83. The molecular formula is C15H19N5. The first-order chi connectivity index (χ1) is 9.69. The van der Waals surface area contributed by atoms with Gasteiger partial charge in [-0.1, -0.05) is 6.42 Å². The first kappa shape index (κ1) is 11.9. The zero-order chi connectivity index (χ0) is 13.7. The second-order valence-corrected chi connectivity index (χ2v) is 6.22. The summed E-state index contributed by atoms with van der Waals surface area (Å²) in [5.74, 6) is 3.67. The Morgan fingerprint density at radius 3 is 2.80 bits per heavy atom. The second kappa shape index (κ2) is 4.30. The van der Waals surface area contributed by atoms with E-state index in [1.165, 1.54) is 25.7 Å². The largest absolute Gasteiger partial charge is 0.384 e. The summed E-state index contributed by atoms with van der Waals surface area (Å²) >= 11 is 0. The molecule has 2 heterocycles. The van der Waals surface area contributed by atoms with Gasteiger partial charge in [-0.2, -0.15) is 5.10 Å². The van der Waals surface area contributed by atoms with Crippen LogP contribution < -0.4 is 5.73 Å². The number of aryl methyl sites for hydroxylation is 1. The van der Waals surface area contributed by atoms with Gasteiger partial charge in [0, 0.05) is 30.8 Å². The van der Waals surface area contributed by atoms with Gasteiger partial charge in [0.1, 0.15) is 11.6 Å². The predicted molar refractivity (Wildman–Crippen MR) is 76.8 cm³/mol. The van der Waals surface area contributed by atoms with E-state index in [0.29, 0.717) is 11.7 Å². The Hall–Kier alpha value is -1.91. The molecule has 104 valence electrons. The van der Waals surface area contributed by atoms with E-state index in [9.17, 15) is 0 Å². The van der Waals surface area contributed by atoms with Crippen molar-refractivity contribution in [2.24, 2.45) is 18.9 Å². The smallest absolute Gasteiger partial charge is 0.134 e. The van der Waals surface area contributed by atoms with Crippen molar-refractivity contribution < 1.29 is 0 Å². The van der Waals surface area contributed by atoms with E-state index in [-0.39, 0.29) is 0 Å². The summed E-state index contributed by atoms with van der Waals surface area (Å²) < 4.78 is 1.78. The number of hydrogen-bond acceptors (Lipinski definition) is 4. The highest BCUT2D eigenvalue weighted by Gasteiger charge is 2.41. The number of hydrogen-bond donors (Lipinski definition) is 1. The van der Waals surface area contributed by atoms with Crippen LogP contribution in [0, 0.1) is 11.8 Å². The highest BCUT2D eigenvalue weighted by atomic mass is 15.2. The van der Waals surface area contributed by atoms with Gasteiger partial charge in [-0.15, -0.1) is 0 Å². The van der Waals surface area contributed by atoms with Gasteiger partial charge < -0.3 is 5.73 Å². The molecule has 0 spiro atoms. The van der Waals surface area contributed by atoms with Crippen molar-refractivity contribution >= 4 is 5.82 Å². The van der Waals surface area contributed by atoms with E-state index in [0.717, 1.165) is 28.9 Å². The van der Waals surface area contributed by atoms with E-state index in [2.05, 4.69) is 10.1 Å². The maximum atomic E-state index is 5.99. The van der Waals surface area contributed by atoms with Crippen molar-refractivity contribution in [1.82, 2.24) is 19.7 Å². The van der Waals surface area contributed by atoms with Gasteiger partial charge >= 0.3 is 0 Å². The van der Waals surface area contributed by atoms with E-state index in [1.54, 1.807) is 4.68 Å². The first-order valence-electron chi connectivity index (χ1n) is 7.32. The molecular weight excluding hydrogens is 250 g/mol. The molecule has 0 amide bonds. The topological polar surface area (TPSA) is 69.6 Å². The molecule has 0 aromatic carbocycles. The zero-order valence-corrected chi connectivity index (χ0v) is 11.7. The summed E-state index contributed by atoms with van der Waals surface area (Å²) in [4.78, 5) is 9.28. The van der Waals surface area contributed by atoms with Gasteiger partial charge in [-0.3, -0.25) is 4.68 Å². The molecule has 2 N–H and O–H groups in total. The molecule has 2 aliphatic rings. The summed E-state index contributed by atoms with van der Waals surface area (Å²) in [6, 6.07) is 1.84. The van der Waals surface area contributed by atoms with Crippen LogP contribution in [-0.4, -0.2) is 19.7 Å². The van der Waals surface area contributed by atoms with Crippen molar-refractivity contribution in [3.63, 3.8) is 0 Å². The number of nitrogen functional groups attached to an aromatic ring is 1. The Balaban J connectivity index is 1.72. The number of rotatable bonds is 2. The minimum atomic E-state index is 0.507. The predicted octanol–water partition coefficient (Wildman–Crippen LogP) is 2.36. The van der Waals surface area contributed by atoms with E-state index in [4.69, 9.17) is 10.7 Å². The fourth-order valence-electron chi connectivity index (χ4n) is 3.91. The summed E-state index contributed by atoms with van der Waals surface area (Å²) in [5, 5.41) is 4.20. The van der Waals surface area contributed by atoms with Crippen molar-refractivity contribution in [1.29, 1.82) is 0 Å². The Kier molecular flexibility index (Phi) is 2.55. The first-order valence-corrected chi connectivity index (χ1v) is 7.32. The van der Waals surface area contributed by atoms with Crippen molar-refractivity contribution in [3.8, 4) is 11.3 Å². The minimum absolute atomic E-state index is 0.507. The van der Waals surface area contributed by atoms with Crippen LogP contribution in [0.15, 0.2) is 18.5 Å². The van der Waals surface area contributed by atoms with E-state index < -0.39 is 0 Å². The second-order valence-electron chi connectivity index (χ2n) is 6.22. The molecule has 2 aromatic rings. The molecule has 5 nitrogen and oxygen atoms in total. The van der Waals surface area contributed by atoms with Gasteiger partial charge in [0.15, 0.2) is 0 Å². The molecule has 0 aliphatic heterocycles. The van der Waals surface area contributed by atoms with Crippen molar-refractivity contribution in [2.75, 3.05) is 5.73 Å². The lowest BCUT2D eigenvalue weighted by Crippen LogP contribution is -2.13. The Labute approximate surface area is 118 Å². The maximum absolute atomic E-state index is 5.99. The molecule has 2 bridgehead atoms. The van der Waals surface area contributed by atoms with Gasteiger partial charge in [-0.25, -0.2) is 9.97 Å². The highest BCUT2D eigenvalue weighted by molar-refractivity contribution is 5.60. The molecule has 2 aromatic heterocycles. The van der Waals surface area contributed by atoms with E-state index >= 15 is 0 Å². The average Bonchev–Trinajstić information content (AvgIpc) is 3.13. The lowest BCUT2D eigenvalue weighted by Gasteiger charge is -2.20. The van der Waals surface area contributed by atoms with Crippen LogP contribution in [0.4, 0.5) is 5.82 Å². The molecule has 3 unspecified atom stereocenters. The summed E-state index contributed by atoms with van der Waals surface area (Å²) in [6.45, 7) is 0. The molecule has 4 rings (SSSR count). The average molecular weight is 269 g/mol. The normalized spacial score (nSPS) is 28.1. The Bertz CT molecular complexity index is 647. The van der Waals surface area contributed by atoms with Crippen LogP contribution in [0.1, 0.15) is 37.4 Å². The van der Waals surface area contributed by atoms with Crippen LogP contribution in [0.5, 0.6) is 0 Å². The van der Waals surface area contributed by atoms with Crippen LogP contribution in [0.3, 0.4) is 0 Å². The summed E-state index contributed by atoms with van der Waals surface area (Å²) in [6.07, 6.45) is 9.10. The number of nitrogens with zero attached hydrogens (tertiary/aromatic N) is 4.